The minimum absolute atomic E-state index is 0.130. The number of aliphatic carboxylic acids is 1. The summed E-state index contributed by atoms with van der Waals surface area (Å²) in [6.45, 7) is 1.98. The first kappa shape index (κ1) is 14.6. The van der Waals surface area contributed by atoms with Gasteiger partial charge >= 0.3 is 5.97 Å². The second-order valence-corrected chi connectivity index (χ2v) is 6.07. The van der Waals surface area contributed by atoms with Crippen LogP contribution >= 0.6 is 0 Å². The molecule has 1 amide bonds. The smallest absolute Gasteiger partial charge is 0.326 e. The van der Waals surface area contributed by atoms with Crippen LogP contribution in [0.25, 0.3) is 11.0 Å². The average molecular weight is 301 g/mol. The van der Waals surface area contributed by atoms with Crippen molar-refractivity contribution in [2.24, 2.45) is 5.92 Å². The van der Waals surface area contributed by atoms with Crippen LogP contribution < -0.4 is 5.32 Å². The first-order valence-electron chi connectivity index (χ1n) is 7.52. The maximum atomic E-state index is 12.1. The second-order valence-electron chi connectivity index (χ2n) is 6.07. The van der Waals surface area contributed by atoms with Gasteiger partial charge in [-0.1, -0.05) is 24.5 Å². The molecule has 3 rings (SSSR count). The fourth-order valence-corrected chi connectivity index (χ4v) is 2.66. The number of fused-ring (bicyclic) bond motifs is 1. The summed E-state index contributed by atoms with van der Waals surface area (Å²) >= 11 is 0. The van der Waals surface area contributed by atoms with E-state index in [1.807, 2.05) is 25.1 Å². The number of carboxylic acid groups (broad SMARTS) is 1. The third kappa shape index (κ3) is 3.30. The summed E-state index contributed by atoms with van der Waals surface area (Å²) in [6.07, 6.45) is 4.34. The van der Waals surface area contributed by atoms with Crippen molar-refractivity contribution in [3.63, 3.8) is 0 Å². The van der Waals surface area contributed by atoms with Crippen LogP contribution in [0, 0.1) is 12.8 Å². The van der Waals surface area contributed by atoms with Crippen LogP contribution in [0.2, 0.25) is 0 Å². The molecule has 1 aromatic carbocycles. The summed E-state index contributed by atoms with van der Waals surface area (Å²) in [5.41, 5.74) is 2.61. The van der Waals surface area contributed by atoms with Gasteiger partial charge in [0.1, 0.15) is 11.6 Å². The predicted octanol–water partition coefficient (Wildman–Crippen LogP) is 2.65. The van der Waals surface area contributed by atoms with Gasteiger partial charge in [-0.05, 0) is 31.4 Å². The molecule has 0 spiro atoms. The van der Waals surface area contributed by atoms with Gasteiger partial charge in [-0.3, -0.25) is 4.79 Å². The monoisotopic (exact) mass is 301 g/mol. The topological polar surface area (TPSA) is 79.5 Å². The zero-order valence-electron chi connectivity index (χ0n) is 12.5. The minimum atomic E-state index is -0.965. The molecule has 5 nitrogen and oxygen atoms in total. The molecule has 1 aliphatic rings. The molecule has 5 heteroatoms. The molecule has 0 radical (unpaired) electrons. The Hall–Kier alpha value is -2.30. The molecule has 116 valence electrons. The van der Waals surface area contributed by atoms with Crippen LogP contribution in [-0.4, -0.2) is 23.0 Å². The summed E-state index contributed by atoms with van der Waals surface area (Å²) in [6, 6.07) is 5.01. The predicted molar refractivity (Wildman–Crippen MR) is 81.6 cm³/mol. The Balaban J connectivity index is 1.69. The van der Waals surface area contributed by atoms with Crippen LogP contribution in [0.4, 0.5) is 0 Å². The molecule has 1 unspecified atom stereocenters. The Morgan fingerprint density at radius 2 is 2.18 bits per heavy atom. The van der Waals surface area contributed by atoms with Crippen molar-refractivity contribution >= 4 is 22.8 Å². The Morgan fingerprint density at radius 1 is 1.41 bits per heavy atom. The van der Waals surface area contributed by atoms with Crippen LogP contribution in [0.15, 0.2) is 28.9 Å². The fourth-order valence-electron chi connectivity index (χ4n) is 2.66. The third-order valence-corrected chi connectivity index (χ3v) is 4.06. The van der Waals surface area contributed by atoms with Crippen LogP contribution in [0.5, 0.6) is 0 Å². The van der Waals surface area contributed by atoms with Gasteiger partial charge in [0.15, 0.2) is 0 Å². The molecule has 0 bridgehead atoms. The van der Waals surface area contributed by atoms with Gasteiger partial charge in [0.05, 0.1) is 12.7 Å². The van der Waals surface area contributed by atoms with E-state index in [4.69, 9.17) is 4.42 Å². The molecule has 1 aliphatic carbocycles. The first-order valence-corrected chi connectivity index (χ1v) is 7.52. The van der Waals surface area contributed by atoms with E-state index in [0.29, 0.717) is 12.3 Å². The van der Waals surface area contributed by atoms with Crippen molar-refractivity contribution < 1.29 is 19.1 Å². The lowest BCUT2D eigenvalue weighted by molar-refractivity contribution is -0.142. The number of amides is 1. The van der Waals surface area contributed by atoms with E-state index >= 15 is 0 Å². The lowest BCUT2D eigenvalue weighted by Gasteiger charge is -2.13. The number of aryl methyl sites for hydroxylation is 1. The Labute approximate surface area is 128 Å². The summed E-state index contributed by atoms with van der Waals surface area (Å²) in [4.78, 5) is 23.4. The number of rotatable bonds is 6. The largest absolute Gasteiger partial charge is 0.480 e. The van der Waals surface area contributed by atoms with Crippen LogP contribution in [-0.2, 0) is 16.0 Å². The zero-order valence-corrected chi connectivity index (χ0v) is 12.5. The van der Waals surface area contributed by atoms with Crippen molar-refractivity contribution in [3.8, 4) is 0 Å². The molecule has 1 heterocycles. The first-order chi connectivity index (χ1) is 10.5. The van der Waals surface area contributed by atoms with E-state index < -0.39 is 12.0 Å². The summed E-state index contributed by atoms with van der Waals surface area (Å²) in [5, 5.41) is 12.7. The molecule has 0 aliphatic heterocycles. The van der Waals surface area contributed by atoms with Crippen molar-refractivity contribution in [1.29, 1.82) is 0 Å². The Morgan fingerprint density at radius 3 is 2.86 bits per heavy atom. The average Bonchev–Trinajstić information content (AvgIpc) is 3.20. The van der Waals surface area contributed by atoms with Gasteiger partial charge in [0.2, 0.25) is 5.91 Å². The Bertz CT molecular complexity index is 715. The van der Waals surface area contributed by atoms with E-state index in [0.717, 1.165) is 34.9 Å². The number of carboxylic acids is 1. The SMILES string of the molecule is Cc1ccc2occ(CC(=O)NC(CC3CC3)C(=O)O)c2c1. The van der Waals surface area contributed by atoms with Crippen molar-refractivity contribution in [2.45, 2.75) is 38.6 Å². The number of furan rings is 1. The highest BCUT2D eigenvalue weighted by Crippen LogP contribution is 2.33. The molecule has 1 fully saturated rings. The second kappa shape index (κ2) is 5.83. The summed E-state index contributed by atoms with van der Waals surface area (Å²) in [5.74, 6) is -0.802. The van der Waals surface area contributed by atoms with Crippen LogP contribution in [0.3, 0.4) is 0 Å². The van der Waals surface area contributed by atoms with Gasteiger partial charge in [-0.25, -0.2) is 4.79 Å². The number of hydrogen-bond acceptors (Lipinski definition) is 3. The molecule has 1 saturated carbocycles. The fraction of sp³-hybridized carbons (Fsp3) is 0.412. The normalized spacial score (nSPS) is 15.7. The molecular weight excluding hydrogens is 282 g/mol. The third-order valence-electron chi connectivity index (χ3n) is 4.06. The number of hydrogen-bond donors (Lipinski definition) is 2. The summed E-state index contributed by atoms with van der Waals surface area (Å²) in [7, 11) is 0. The molecule has 22 heavy (non-hydrogen) atoms. The number of carbonyl (C=O) groups is 2. The minimum Gasteiger partial charge on any atom is -0.480 e. The van der Waals surface area contributed by atoms with Gasteiger partial charge < -0.3 is 14.8 Å². The highest BCUT2D eigenvalue weighted by molar-refractivity contribution is 5.90. The molecule has 2 aromatic rings. The standard InChI is InChI=1S/C17H19NO4/c1-10-2-5-15-13(6-10)12(9-22-15)8-16(19)18-14(17(20)21)7-11-3-4-11/h2,5-6,9,11,14H,3-4,7-8H2,1H3,(H,18,19)(H,20,21). The van der Waals surface area contributed by atoms with E-state index in [1.54, 1.807) is 6.26 Å². The molecule has 1 atom stereocenters. The highest BCUT2D eigenvalue weighted by atomic mass is 16.4. The molecule has 0 saturated heterocycles. The van der Waals surface area contributed by atoms with Gasteiger partial charge in [0, 0.05) is 10.9 Å². The molecule has 1 aromatic heterocycles. The van der Waals surface area contributed by atoms with Crippen molar-refractivity contribution in [3.05, 3.63) is 35.6 Å². The van der Waals surface area contributed by atoms with E-state index in [2.05, 4.69) is 5.32 Å². The highest BCUT2D eigenvalue weighted by Gasteiger charge is 2.30. The number of benzene rings is 1. The number of carbonyl (C=O) groups excluding carboxylic acids is 1. The maximum Gasteiger partial charge on any atom is 0.326 e. The van der Waals surface area contributed by atoms with Gasteiger partial charge in [-0.15, -0.1) is 0 Å². The van der Waals surface area contributed by atoms with E-state index in [9.17, 15) is 14.7 Å². The lowest BCUT2D eigenvalue weighted by Crippen LogP contribution is -2.41. The molecular formula is C17H19NO4. The van der Waals surface area contributed by atoms with E-state index in [1.165, 1.54) is 0 Å². The lowest BCUT2D eigenvalue weighted by atomic mass is 10.1. The quantitative estimate of drug-likeness (QED) is 0.859. The zero-order chi connectivity index (χ0) is 15.7. The van der Waals surface area contributed by atoms with Crippen LogP contribution in [0.1, 0.15) is 30.4 Å². The summed E-state index contributed by atoms with van der Waals surface area (Å²) < 4.78 is 5.44. The van der Waals surface area contributed by atoms with Crippen molar-refractivity contribution in [1.82, 2.24) is 5.32 Å². The van der Waals surface area contributed by atoms with Crippen molar-refractivity contribution in [2.75, 3.05) is 0 Å². The van der Waals surface area contributed by atoms with Gasteiger partial charge in [-0.2, -0.15) is 0 Å². The van der Waals surface area contributed by atoms with Gasteiger partial charge in [0.25, 0.3) is 0 Å². The Kier molecular flexibility index (Phi) is 3.88. The molecule has 2 N–H and O–H groups in total. The van der Waals surface area contributed by atoms with E-state index in [-0.39, 0.29) is 12.3 Å². The maximum absolute atomic E-state index is 12.1. The number of nitrogens with one attached hydrogen (secondary N) is 1.